The van der Waals surface area contributed by atoms with Gasteiger partial charge >= 0.3 is 0 Å². The number of halogens is 2. The number of carbonyl (C=O) groups is 1. The lowest BCUT2D eigenvalue weighted by molar-refractivity contribution is -0.122. The molecule has 0 atom stereocenters. The maximum atomic E-state index is 12.1. The highest BCUT2D eigenvalue weighted by atomic mass is 35.5. The zero-order valence-corrected chi connectivity index (χ0v) is 14.1. The normalized spacial score (nSPS) is 11.5. The van der Waals surface area contributed by atoms with Gasteiger partial charge in [0, 0.05) is 33.9 Å². The monoisotopic (exact) mass is 339 g/mol. The van der Waals surface area contributed by atoms with E-state index in [1.807, 2.05) is 19.9 Å². The summed E-state index contributed by atoms with van der Waals surface area (Å²) in [7, 11) is 0. The molecule has 0 saturated carbocycles. The predicted octanol–water partition coefficient (Wildman–Crippen LogP) is 3.79. The van der Waals surface area contributed by atoms with Crippen molar-refractivity contribution in [2.75, 3.05) is 0 Å². The van der Waals surface area contributed by atoms with Gasteiger partial charge in [0.2, 0.25) is 5.91 Å². The summed E-state index contributed by atoms with van der Waals surface area (Å²) in [6.07, 6.45) is 5.04. The second-order valence-corrected chi connectivity index (χ2v) is 6.77. The summed E-state index contributed by atoms with van der Waals surface area (Å²) >= 11 is 12.1. The molecule has 2 N–H and O–H groups in total. The molecule has 0 radical (unpaired) electrons. The van der Waals surface area contributed by atoms with E-state index in [0.29, 0.717) is 29.3 Å². The van der Waals surface area contributed by atoms with E-state index in [-0.39, 0.29) is 11.4 Å². The molecule has 22 heavy (non-hydrogen) atoms. The lowest BCUT2D eigenvalue weighted by atomic mass is 9.94. The molecule has 0 spiro atoms. The number of hydrogen-bond donors (Lipinski definition) is 2. The minimum Gasteiger partial charge on any atom is -0.351 e. The van der Waals surface area contributed by atoms with Gasteiger partial charge in [0.15, 0.2) is 0 Å². The average molecular weight is 340 g/mol. The van der Waals surface area contributed by atoms with E-state index in [1.54, 1.807) is 24.7 Å². The van der Waals surface area contributed by atoms with Crippen LogP contribution in [0.2, 0.25) is 10.0 Å². The van der Waals surface area contributed by atoms with Crippen molar-refractivity contribution in [2.45, 2.75) is 38.6 Å². The van der Waals surface area contributed by atoms with E-state index >= 15 is 0 Å². The molecule has 1 aromatic heterocycles. The first-order valence-electron chi connectivity index (χ1n) is 7.08. The van der Waals surface area contributed by atoms with Gasteiger partial charge in [-0.05, 0) is 44.4 Å². The number of aromatic nitrogens is 2. The smallest absolute Gasteiger partial charge is 0.220 e. The molecule has 0 fully saturated rings. The molecule has 1 amide bonds. The van der Waals surface area contributed by atoms with Gasteiger partial charge < -0.3 is 10.3 Å². The van der Waals surface area contributed by atoms with Crippen LogP contribution in [0, 0.1) is 0 Å². The first-order chi connectivity index (χ1) is 10.4. The van der Waals surface area contributed by atoms with Crippen molar-refractivity contribution in [3.63, 3.8) is 0 Å². The van der Waals surface area contributed by atoms with Crippen LogP contribution in [0.4, 0.5) is 0 Å². The van der Waals surface area contributed by atoms with Crippen molar-refractivity contribution in [1.29, 1.82) is 0 Å². The Labute approximate surface area is 140 Å². The fourth-order valence-electron chi connectivity index (χ4n) is 2.29. The summed E-state index contributed by atoms with van der Waals surface area (Å²) in [5.41, 5.74) is 1.53. The van der Waals surface area contributed by atoms with Gasteiger partial charge in [0.1, 0.15) is 0 Å². The van der Waals surface area contributed by atoms with Gasteiger partial charge in [-0.1, -0.05) is 29.3 Å². The number of hydrogen-bond acceptors (Lipinski definition) is 2. The Balaban J connectivity index is 1.90. The molecule has 0 saturated heterocycles. The molecule has 2 rings (SSSR count). The molecule has 1 heterocycles. The van der Waals surface area contributed by atoms with E-state index in [4.69, 9.17) is 23.2 Å². The minimum absolute atomic E-state index is 0.00434. The Hall–Kier alpha value is -1.52. The quantitative estimate of drug-likeness (QED) is 0.841. The fourth-order valence-corrected chi connectivity index (χ4v) is 2.77. The minimum atomic E-state index is -0.386. The van der Waals surface area contributed by atoms with E-state index in [1.165, 1.54) is 0 Å². The third-order valence-electron chi connectivity index (χ3n) is 3.30. The van der Waals surface area contributed by atoms with Gasteiger partial charge in [-0.2, -0.15) is 0 Å². The van der Waals surface area contributed by atoms with Crippen LogP contribution >= 0.6 is 23.2 Å². The van der Waals surface area contributed by atoms with Gasteiger partial charge in [-0.25, -0.2) is 4.98 Å². The summed E-state index contributed by atoms with van der Waals surface area (Å²) < 4.78 is 0. The highest BCUT2D eigenvalue weighted by Gasteiger charge is 2.22. The summed E-state index contributed by atoms with van der Waals surface area (Å²) in [5, 5.41) is 4.27. The van der Waals surface area contributed by atoms with Gasteiger partial charge in [-0.3, -0.25) is 4.79 Å². The fraction of sp³-hybridized carbons (Fsp3) is 0.375. The number of nitrogens with zero attached hydrogens (tertiary/aromatic N) is 1. The Morgan fingerprint density at radius 1 is 1.36 bits per heavy atom. The van der Waals surface area contributed by atoms with E-state index in [9.17, 15) is 4.79 Å². The number of carbonyl (C=O) groups excluding carboxylic acids is 1. The lowest BCUT2D eigenvalue weighted by Crippen LogP contribution is -2.45. The standard InChI is InChI=1S/C16H19Cl2N3O/c1-16(2,8-11-3-4-12(17)7-14(11)18)21-15(22)6-5-13-9-19-10-20-13/h3-4,7,9-10H,5-6,8H2,1-2H3,(H,19,20)(H,21,22). The van der Waals surface area contributed by atoms with Crippen LogP contribution in [-0.2, 0) is 17.6 Å². The maximum absolute atomic E-state index is 12.1. The number of imidazole rings is 1. The third kappa shape index (κ3) is 5.04. The number of benzene rings is 1. The third-order valence-corrected chi connectivity index (χ3v) is 3.89. The zero-order valence-electron chi connectivity index (χ0n) is 12.6. The number of rotatable bonds is 6. The Kier molecular flexibility index (Phi) is 5.48. The van der Waals surface area contributed by atoms with E-state index in [0.717, 1.165) is 11.3 Å². The summed E-state index contributed by atoms with van der Waals surface area (Å²) in [6.45, 7) is 3.96. The SMILES string of the molecule is CC(C)(Cc1ccc(Cl)cc1Cl)NC(=O)CCc1cnc[nH]1. The molecule has 2 aromatic rings. The summed E-state index contributed by atoms with van der Waals surface area (Å²) in [6, 6.07) is 5.41. The van der Waals surface area contributed by atoms with Crippen LogP contribution in [0.25, 0.3) is 0 Å². The average Bonchev–Trinajstić information content (AvgIpc) is 2.92. The lowest BCUT2D eigenvalue weighted by Gasteiger charge is -2.27. The van der Waals surface area contributed by atoms with Crippen molar-refractivity contribution >= 4 is 29.1 Å². The zero-order chi connectivity index (χ0) is 16.2. The highest BCUT2D eigenvalue weighted by Crippen LogP contribution is 2.24. The molecule has 118 valence electrons. The van der Waals surface area contributed by atoms with Gasteiger partial charge in [-0.15, -0.1) is 0 Å². The Bertz CT molecular complexity index is 639. The van der Waals surface area contributed by atoms with Crippen LogP contribution in [0.15, 0.2) is 30.7 Å². The van der Waals surface area contributed by atoms with Crippen molar-refractivity contribution in [1.82, 2.24) is 15.3 Å². The van der Waals surface area contributed by atoms with Gasteiger partial charge in [0.05, 0.1) is 6.33 Å². The number of aryl methyl sites for hydroxylation is 1. The molecule has 1 aromatic carbocycles. The van der Waals surface area contributed by atoms with E-state index < -0.39 is 0 Å². The molecular weight excluding hydrogens is 321 g/mol. The van der Waals surface area contributed by atoms with Crippen molar-refractivity contribution < 1.29 is 4.79 Å². The second kappa shape index (κ2) is 7.16. The second-order valence-electron chi connectivity index (χ2n) is 5.92. The van der Waals surface area contributed by atoms with Crippen molar-refractivity contribution in [3.8, 4) is 0 Å². The van der Waals surface area contributed by atoms with Crippen LogP contribution in [0.5, 0.6) is 0 Å². The first kappa shape index (κ1) is 16.8. The number of H-pyrrole nitrogens is 1. The molecule has 4 nitrogen and oxygen atoms in total. The molecule has 0 aliphatic rings. The molecule has 0 aliphatic carbocycles. The van der Waals surface area contributed by atoms with Crippen LogP contribution < -0.4 is 5.32 Å². The first-order valence-corrected chi connectivity index (χ1v) is 7.83. The largest absolute Gasteiger partial charge is 0.351 e. The highest BCUT2D eigenvalue weighted by molar-refractivity contribution is 6.35. The molecule has 0 bridgehead atoms. The molecule has 6 heteroatoms. The predicted molar refractivity (Wildman–Crippen MR) is 89.3 cm³/mol. The number of aromatic amines is 1. The Morgan fingerprint density at radius 3 is 2.77 bits per heavy atom. The van der Waals surface area contributed by atoms with Crippen molar-refractivity contribution in [3.05, 3.63) is 52.0 Å². The molecule has 0 aliphatic heterocycles. The van der Waals surface area contributed by atoms with Crippen LogP contribution in [-0.4, -0.2) is 21.4 Å². The van der Waals surface area contributed by atoms with Crippen molar-refractivity contribution in [2.24, 2.45) is 0 Å². The van der Waals surface area contributed by atoms with Crippen LogP contribution in [0.3, 0.4) is 0 Å². The summed E-state index contributed by atoms with van der Waals surface area (Å²) in [4.78, 5) is 19.0. The summed E-state index contributed by atoms with van der Waals surface area (Å²) in [5.74, 6) is 0.00434. The Morgan fingerprint density at radius 2 is 2.14 bits per heavy atom. The van der Waals surface area contributed by atoms with E-state index in [2.05, 4.69) is 15.3 Å². The number of amides is 1. The topological polar surface area (TPSA) is 57.8 Å². The molecular formula is C16H19Cl2N3O. The van der Waals surface area contributed by atoms with Gasteiger partial charge in [0.25, 0.3) is 0 Å². The molecule has 0 unspecified atom stereocenters. The number of nitrogens with one attached hydrogen (secondary N) is 2. The van der Waals surface area contributed by atoms with Crippen LogP contribution in [0.1, 0.15) is 31.5 Å². The maximum Gasteiger partial charge on any atom is 0.220 e.